The van der Waals surface area contributed by atoms with Crippen LogP contribution in [-0.2, 0) is 15.1 Å². The van der Waals surface area contributed by atoms with Gasteiger partial charge >= 0.3 is 0 Å². The molecule has 2 atom stereocenters. The zero-order valence-electron chi connectivity index (χ0n) is 10.8. The fourth-order valence-electron chi connectivity index (χ4n) is 3.18. The minimum absolute atomic E-state index is 0.0512. The van der Waals surface area contributed by atoms with Gasteiger partial charge in [0.15, 0.2) is 0 Å². The van der Waals surface area contributed by atoms with E-state index in [9.17, 15) is 9.59 Å². The lowest BCUT2D eigenvalue weighted by molar-refractivity contribution is -0.123. The van der Waals surface area contributed by atoms with E-state index in [1.165, 1.54) is 0 Å². The van der Waals surface area contributed by atoms with Gasteiger partial charge in [-0.25, -0.2) is 0 Å². The summed E-state index contributed by atoms with van der Waals surface area (Å²) in [5.41, 5.74) is 3.50. The molecule has 1 aromatic rings. The molecule has 0 saturated carbocycles. The lowest BCUT2D eigenvalue weighted by atomic mass is 9.76. The van der Waals surface area contributed by atoms with Crippen molar-refractivity contribution in [2.45, 2.75) is 32.7 Å². The van der Waals surface area contributed by atoms with Gasteiger partial charge in [0.1, 0.15) is 0 Å². The fraction of sp³-hybridized carbons (Fsp3) is 0.429. The monoisotopic (exact) mass is 244 g/mol. The summed E-state index contributed by atoms with van der Waals surface area (Å²) in [6.07, 6.45) is 0.273. The number of fused-ring (bicyclic) bond motifs is 3. The van der Waals surface area contributed by atoms with E-state index >= 15 is 0 Å². The van der Waals surface area contributed by atoms with E-state index in [0.717, 1.165) is 22.4 Å². The molecule has 0 aromatic heterocycles. The normalized spacial score (nSPS) is 29.4. The summed E-state index contributed by atoms with van der Waals surface area (Å²) >= 11 is 0. The van der Waals surface area contributed by atoms with Crippen LogP contribution < -0.4 is 10.6 Å². The molecule has 4 heteroatoms. The first kappa shape index (κ1) is 11.3. The minimum atomic E-state index is -0.564. The van der Waals surface area contributed by atoms with Gasteiger partial charge in [0.05, 0.1) is 11.5 Å². The third-order valence-electron chi connectivity index (χ3n) is 4.09. The number of carbonyl (C=O) groups is 2. The molecule has 2 N–H and O–H groups in total. The van der Waals surface area contributed by atoms with Gasteiger partial charge in [-0.05, 0) is 26.3 Å². The Labute approximate surface area is 106 Å². The van der Waals surface area contributed by atoms with Gasteiger partial charge in [0, 0.05) is 17.7 Å². The first-order valence-corrected chi connectivity index (χ1v) is 6.15. The van der Waals surface area contributed by atoms with Crippen molar-refractivity contribution >= 4 is 17.5 Å². The van der Waals surface area contributed by atoms with Crippen molar-refractivity contribution < 1.29 is 9.59 Å². The van der Waals surface area contributed by atoms with Crippen molar-refractivity contribution in [3.05, 3.63) is 28.8 Å². The molecule has 0 bridgehead atoms. The number of benzene rings is 1. The van der Waals surface area contributed by atoms with Crippen LogP contribution in [-0.4, -0.2) is 11.8 Å². The highest BCUT2D eigenvalue weighted by molar-refractivity contribution is 6.03. The molecule has 0 aliphatic carbocycles. The highest BCUT2D eigenvalue weighted by Gasteiger charge is 2.52. The number of hydrogen-bond donors (Lipinski definition) is 2. The third kappa shape index (κ3) is 1.32. The van der Waals surface area contributed by atoms with E-state index in [0.29, 0.717) is 0 Å². The molecule has 0 unspecified atom stereocenters. The second-order valence-corrected chi connectivity index (χ2v) is 5.50. The summed E-state index contributed by atoms with van der Waals surface area (Å²) in [6.45, 7) is 5.95. The van der Waals surface area contributed by atoms with Gasteiger partial charge < -0.3 is 10.6 Å². The van der Waals surface area contributed by atoms with Gasteiger partial charge in [0.2, 0.25) is 11.8 Å². The Morgan fingerprint density at radius 2 is 2.00 bits per heavy atom. The smallest absolute Gasteiger partial charge is 0.230 e. The Morgan fingerprint density at radius 3 is 2.72 bits per heavy atom. The average molecular weight is 244 g/mol. The average Bonchev–Trinajstić information content (AvgIpc) is 2.58. The molecular formula is C14H16N2O2. The summed E-state index contributed by atoms with van der Waals surface area (Å²) in [4.78, 5) is 23.8. The van der Waals surface area contributed by atoms with Crippen LogP contribution >= 0.6 is 0 Å². The van der Waals surface area contributed by atoms with Crippen molar-refractivity contribution in [3.63, 3.8) is 0 Å². The van der Waals surface area contributed by atoms with Crippen molar-refractivity contribution in [3.8, 4) is 0 Å². The molecule has 94 valence electrons. The van der Waals surface area contributed by atoms with Gasteiger partial charge in [-0.2, -0.15) is 0 Å². The molecule has 1 aromatic carbocycles. The van der Waals surface area contributed by atoms with E-state index in [2.05, 4.69) is 16.7 Å². The van der Waals surface area contributed by atoms with Crippen molar-refractivity contribution in [2.24, 2.45) is 5.92 Å². The van der Waals surface area contributed by atoms with Crippen molar-refractivity contribution in [2.75, 3.05) is 5.32 Å². The standard InChI is InChI=1S/C14H16N2O2/c1-7-4-8(2)12-9(5-7)14(3)10(13(18)15-12)6-11(17)16-14/h4-5,10H,6H2,1-3H3,(H,15,18)(H,16,17)/t10-,14+/m0/s1. The van der Waals surface area contributed by atoms with Crippen LogP contribution in [0.25, 0.3) is 0 Å². The molecule has 2 aliphatic rings. The molecule has 2 heterocycles. The van der Waals surface area contributed by atoms with Crippen LogP contribution in [0.2, 0.25) is 0 Å². The van der Waals surface area contributed by atoms with Crippen LogP contribution in [0, 0.1) is 19.8 Å². The van der Waals surface area contributed by atoms with Gasteiger partial charge in [-0.1, -0.05) is 17.7 Å². The van der Waals surface area contributed by atoms with E-state index in [1.807, 2.05) is 26.8 Å². The molecule has 18 heavy (non-hydrogen) atoms. The van der Waals surface area contributed by atoms with Gasteiger partial charge in [0.25, 0.3) is 0 Å². The Morgan fingerprint density at radius 1 is 1.28 bits per heavy atom. The molecular weight excluding hydrogens is 228 g/mol. The molecule has 2 amide bonds. The maximum atomic E-state index is 12.1. The highest BCUT2D eigenvalue weighted by Crippen LogP contribution is 2.45. The van der Waals surface area contributed by atoms with Crippen molar-refractivity contribution in [1.29, 1.82) is 0 Å². The van der Waals surface area contributed by atoms with E-state index < -0.39 is 5.54 Å². The summed E-state index contributed by atoms with van der Waals surface area (Å²) in [7, 11) is 0. The van der Waals surface area contributed by atoms with E-state index in [1.54, 1.807) is 0 Å². The SMILES string of the molecule is Cc1cc(C)c2c(c1)[C@@]1(C)NC(=O)C[C@H]1C(=O)N2. The minimum Gasteiger partial charge on any atom is -0.346 e. The molecule has 0 radical (unpaired) electrons. The Balaban J connectivity index is 2.26. The number of anilines is 1. The predicted octanol–water partition coefficient (Wildman–Crippen LogP) is 1.61. The van der Waals surface area contributed by atoms with Crippen LogP contribution in [0.1, 0.15) is 30.0 Å². The topological polar surface area (TPSA) is 58.2 Å². The summed E-state index contributed by atoms with van der Waals surface area (Å²) in [5, 5.41) is 5.91. The van der Waals surface area contributed by atoms with Crippen LogP contribution in [0.4, 0.5) is 5.69 Å². The quantitative estimate of drug-likeness (QED) is 0.728. The Kier molecular flexibility index (Phi) is 2.09. The molecule has 4 nitrogen and oxygen atoms in total. The van der Waals surface area contributed by atoms with Gasteiger partial charge in [-0.3, -0.25) is 9.59 Å². The van der Waals surface area contributed by atoms with E-state index in [4.69, 9.17) is 0 Å². The fourth-order valence-corrected chi connectivity index (χ4v) is 3.18. The Hall–Kier alpha value is -1.84. The lowest BCUT2D eigenvalue weighted by Gasteiger charge is -2.38. The van der Waals surface area contributed by atoms with Gasteiger partial charge in [-0.15, -0.1) is 0 Å². The van der Waals surface area contributed by atoms with Crippen molar-refractivity contribution in [1.82, 2.24) is 5.32 Å². The molecule has 0 spiro atoms. The number of nitrogens with one attached hydrogen (secondary N) is 2. The summed E-state index contributed by atoms with van der Waals surface area (Å²) < 4.78 is 0. The third-order valence-corrected chi connectivity index (χ3v) is 4.09. The first-order chi connectivity index (χ1) is 8.41. The molecule has 3 rings (SSSR count). The van der Waals surface area contributed by atoms with Crippen LogP contribution in [0.3, 0.4) is 0 Å². The zero-order valence-corrected chi connectivity index (χ0v) is 10.8. The van der Waals surface area contributed by atoms with E-state index in [-0.39, 0.29) is 24.2 Å². The second-order valence-electron chi connectivity index (χ2n) is 5.50. The number of hydrogen-bond acceptors (Lipinski definition) is 2. The second kappa shape index (κ2) is 3.34. The molecule has 1 fully saturated rings. The first-order valence-electron chi connectivity index (χ1n) is 6.15. The Bertz CT molecular complexity index is 579. The lowest BCUT2D eigenvalue weighted by Crippen LogP contribution is -2.48. The highest BCUT2D eigenvalue weighted by atomic mass is 16.2. The number of amides is 2. The molecule has 2 aliphatic heterocycles. The summed E-state index contributed by atoms with van der Waals surface area (Å²) in [5.74, 6) is -0.418. The number of aryl methyl sites for hydroxylation is 2. The maximum Gasteiger partial charge on any atom is 0.230 e. The number of rotatable bonds is 0. The zero-order chi connectivity index (χ0) is 13.1. The maximum absolute atomic E-state index is 12.1. The summed E-state index contributed by atoms with van der Waals surface area (Å²) in [6, 6.07) is 4.10. The molecule has 1 saturated heterocycles. The number of carbonyl (C=O) groups excluding carboxylic acids is 2. The predicted molar refractivity (Wildman–Crippen MR) is 68.1 cm³/mol. The van der Waals surface area contributed by atoms with Crippen LogP contribution in [0.15, 0.2) is 12.1 Å². The van der Waals surface area contributed by atoms with Crippen LogP contribution in [0.5, 0.6) is 0 Å². The largest absolute Gasteiger partial charge is 0.346 e.